The summed E-state index contributed by atoms with van der Waals surface area (Å²) < 4.78 is 0. The smallest absolute Gasteiger partial charge is 0.0331 e. The Hall–Kier alpha value is -0.720. The van der Waals surface area contributed by atoms with E-state index in [9.17, 15) is 0 Å². The largest absolute Gasteiger partial charge is 0.382 e. The fourth-order valence-electron chi connectivity index (χ4n) is 8.85. The first-order valence-corrected chi connectivity index (χ1v) is 13.9. The van der Waals surface area contributed by atoms with Gasteiger partial charge in [-0.1, -0.05) is 79.4 Å². The summed E-state index contributed by atoms with van der Waals surface area (Å²) in [4.78, 5) is 0. The minimum Gasteiger partial charge on any atom is -0.382 e. The lowest BCUT2D eigenvalue weighted by Crippen LogP contribution is -2.55. The van der Waals surface area contributed by atoms with Gasteiger partial charge in [0.2, 0.25) is 0 Å². The van der Waals surface area contributed by atoms with Gasteiger partial charge in [0.05, 0.1) is 0 Å². The van der Waals surface area contributed by atoms with Gasteiger partial charge in [0.15, 0.2) is 0 Å². The first-order chi connectivity index (χ1) is 14.7. The second-order valence-corrected chi connectivity index (χ2v) is 13.0. The van der Waals surface area contributed by atoms with Gasteiger partial charge >= 0.3 is 0 Å². The Morgan fingerprint density at radius 1 is 1.03 bits per heavy atom. The summed E-state index contributed by atoms with van der Waals surface area (Å²) in [7, 11) is 0. The van der Waals surface area contributed by atoms with Crippen LogP contribution in [0.3, 0.4) is 0 Å². The molecule has 176 valence electrons. The Kier molecular flexibility index (Phi) is 6.73. The monoisotopic (exact) mass is 425 g/mol. The molecule has 3 aliphatic carbocycles. The van der Waals surface area contributed by atoms with E-state index in [2.05, 4.69) is 59.5 Å². The zero-order valence-corrected chi connectivity index (χ0v) is 21.6. The molecule has 31 heavy (non-hydrogen) atoms. The van der Waals surface area contributed by atoms with Gasteiger partial charge in [-0.15, -0.1) is 0 Å². The van der Waals surface area contributed by atoms with Crippen LogP contribution in [-0.2, 0) is 0 Å². The number of hydrogen-bond donors (Lipinski definition) is 1. The van der Waals surface area contributed by atoms with Gasteiger partial charge in [-0.05, 0) is 97.4 Å². The van der Waals surface area contributed by atoms with Crippen LogP contribution >= 0.6 is 0 Å². The number of nitrogens with one attached hydrogen (secondary N) is 1. The second-order valence-electron chi connectivity index (χ2n) is 13.0. The topological polar surface area (TPSA) is 12.0 Å². The Morgan fingerprint density at radius 2 is 1.81 bits per heavy atom. The molecule has 6 unspecified atom stereocenters. The molecule has 4 aliphatic rings. The highest BCUT2D eigenvalue weighted by Crippen LogP contribution is 2.64. The number of fused-ring (bicyclic) bond motifs is 5. The maximum absolute atomic E-state index is 4.50. The van der Waals surface area contributed by atoms with Crippen molar-refractivity contribution >= 4 is 0 Å². The molecule has 4 rings (SSSR count). The minimum absolute atomic E-state index is 0.394. The van der Waals surface area contributed by atoms with Crippen LogP contribution in [0, 0.1) is 46.3 Å². The van der Waals surface area contributed by atoms with E-state index in [1.807, 2.05) is 0 Å². The van der Waals surface area contributed by atoms with E-state index < -0.39 is 0 Å². The van der Waals surface area contributed by atoms with Crippen LogP contribution in [0.4, 0.5) is 0 Å². The van der Waals surface area contributed by atoms with Gasteiger partial charge in [0.25, 0.3) is 0 Å². The summed E-state index contributed by atoms with van der Waals surface area (Å²) in [6.45, 7) is 19.5. The van der Waals surface area contributed by atoms with Crippen LogP contribution in [0.25, 0.3) is 0 Å². The average Bonchev–Trinajstić information content (AvgIpc) is 3.01. The van der Waals surface area contributed by atoms with Crippen LogP contribution < -0.4 is 5.32 Å². The van der Waals surface area contributed by atoms with Crippen molar-refractivity contribution in [2.75, 3.05) is 0 Å². The first-order valence-electron chi connectivity index (χ1n) is 13.9. The van der Waals surface area contributed by atoms with Crippen LogP contribution in [0.1, 0.15) is 112 Å². The third-order valence-electron chi connectivity index (χ3n) is 10.9. The maximum Gasteiger partial charge on any atom is 0.0331 e. The molecule has 3 saturated carbocycles. The molecule has 0 spiro atoms. The van der Waals surface area contributed by atoms with Crippen molar-refractivity contribution in [1.29, 1.82) is 0 Å². The molecule has 1 N–H and O–H groups in total. The van der Waals surface area contributed by atoms with Crippen molar-refractivity contribution < 1.29 is 0 Å². The maximum atomic E-state index is 4.50. The van der Waals surface area contributed by atoms with Gasteiger partial charge in [-0.3, -0.25) is 0 Å². The molecule has 0 aromatic rings. The molecular formula is C30H51N. The standard InChI is InChI=1S/C30H51N/c1-8-23-14-16-29(6)24(19-23)18-22(5)31-28-26-13-12-25(21(4)11-9-10-20(2)3)30(26,7)17-15-27(28)29/h18,20-21,23,25-28,31H,5,8-17,19H2,1-4,6-7H3/t21?,23?,25?,26-,27-,28?,29?,30?/m0/s1. The quantitative estimate of drug-likeness (QED) is 0.449. The van der Waals surface area contributed by atoms with Crippen LogP contribution in [-0.4, -0.2) is 6.04 Å². The highest BCUT2D eigenvalue weighted by Gasteiger charge is 2.59. The van der Waals surface area contributed by atoms with E-state index in [1.54, 1.807) is 5.57 Å². The predicted molar refractivity (Wildman–Crippen MR) is 135 cm³/mol. The molecule has 0 radical (unpaired) electrons. The Morgan fingerprint density at radius 3 is 2.52 bits per heavy atom. The zero-order valence-electron chi connectivity index (χ0n) is 21.6. The van der Waals surface area contributed by atoms with Crippen molar-refractivity contribution in [3.63, 3.8) is 0 Å². The predicted octanol–water partition coefficient (Wildman–Crippen LogP) is 8.52. The van der Waals surface area contributed by atoms with Crippen LogP contribution in [0.2, 0.25) is 0 Å². The van der Waals surface area contributed by atoms with E-state index >= 15 is 0 Å². The summed E-state index contributed by atoms with van der Waals surface area (Å²) >= 11 is 0. The van der Waals surface area contributed by atoms with Crippen molar-refractivity contribution in [2.45, 2.75) is 118 Å². The molecule has 0 bridgehead atoms. The fourth-order valence-corrected chi connectivity index (χ4v) is 8.85. The lowest BCUT2D eigenvalue weighted by molar-refractivity contribution is -0.0202. The molecule has 0 saturated heterocycles. The summed E-state index contributed by atoms with van der Waals surface area (Å²) in [6, 6.07) is 0.635. The number of rotatable bonds is 6. The highest BCUT2D eigenvalue weighted by molar-refractivity contribution is 5.32. The van der Waals surface area contributed by atoms with Crippen molar-refractivity contribution in [2.24, 2.45) is 46.3 Å². The van der Waals surface area contributed by atoms with E-state index in [1.165, 1.54) is 76.3 Å². The summed E-state index contributed by atoms with van der Waals surface area (Å²) in [5, 5.41) is 4.04. The van der Waals surface area contributed by atoms with E-state index in [-0.39, 0.29) is 0 Å². The number of allylic oxidation sites excluding steroid dienone is 2. The van der Waals surface area contributed by atoms with Crippen LogP contribution in [0.5, 0.6) is 0 Å². The van der Waals surface area contributed by atoms with Crippen molar-refractivity contribution in [3.05, 3.63) is 23.9 Å². The van der Waals surface area contributed by atoms with Crippen molar-refractivity contribution in [3.8, 4) is 0 Å². The van der Waals surface area contributed by atoms with Gasteiger partial charge in [0, 0.05) is 11.7 Å². The van der Waals surface area contributed by atoms with Crippen molar-refractivity contribution in [1.82, 2.24) is 5.32 Å². The van der Waals surface area contributed by atoms with Gasteiger partial charge in [-0.25, -0.2) is 0 Å². The third kappa shape index (κ3) is 4.17. The Bertz CT molecular complexity index is 689. The molecule has 0 aromatic carbocycles. The molecular weight excluding hydrogens is 374 g/mol. The van der Waals surface area contributed by atoms with Gasteiger partial charge in [0.1, 0.15) is 0 Å². The molecule has 1 aliphatic heterocycles. The lowest BCUT2D eigenvalue weighted by Gasteiger charge is -2.55. The summed E-state index contributed by atoms with van der Waals surface area (Å²) in [5.74, 6) is 5.16. The molecule has 3 fully saturated rings. The zero-order chi connectivity index (χ0) is 22.4. The summed E-state index contributed by atoms with van der Waals surface area (Å²) in [6.07, 6.45) is 18.0. The highest BCUT2D eigenvalue weighted by atomic mass is 15.0. The molecule has 0 aromatic heterocycles. The first kappa shape index (κ1) is 23.4. The van der Waals surface area contributed by atoms with E-state index in [0.29, 0.717) is 16.9 Å². The minimum atomic E-state index is 0.394. The Labute approximate surface area is 193 Å². The second kappa shape index (κ2) is 8.90. The number of hydrogen-bond acceptors (Lipinski definition) is 1. The Balaban J connectivity index is 1.54. The summed E-state index contributed by atoms with van der Waals surface area (Å²) in [5.41, 5.74) is 3.86. The average molecular weight is 426 g/mol. The molecule has 1 nitrogen and oxygen atoms in total. The third-order valence-corrected chi connectivity index (χ3v) is 10.9. The normalized spacial score (nSPS) is 43.4. The van der Waals surface area contributed by atoms with E-state index in [4.69, 9.17) is 0 Å². The lowest BCUT2D eigenvalue weighted by atomic mass is 9.51. The van der Waals surface area contributed by atoms with Gasteiger partial charge in [-0.2, -0.15) is 0 Å². The van der Waals surface area contributed by atoms with E-state index in [0.717, 1.165) is 35.5 Å². The SMILES string of the molecule is C=C1C=C2CC(CC)CCC2(C)[C@H]2CCC3(C)C(C(C)CCCC(C)C)CC[C@H]3C2N1. The van der Waals surface area contributed by atoms with Crippen LogP contribution in [0.15, 0.2) is 23.9 Å². The fraction of sp³-hybridized carbons (Fsp3) is 0.867. The molecule has 1 heterocycles. The molecule has 8 atom stereocenters. The van der Waals surface area contributed by atoms with Gasteiger partial charge < -0.3 is 5.32 Å². The molecule has 0 amide bonds. The molecule has 1 heteroatoms.